The van der Waals surface area contributed by atoms with Crippen LogP contribution in [0.15, 0.2) is 41.9 Å². The number of aromatic nitrogens is 3. The highest BCUT2D eigenvalue weighted by atomic mass is 127. The Morgan fingerprint density at radius 1 is 1.18 bits per heavy atom. The van der Waals surface area contributed by atoms with Gasteiger partial charge in [0.05, 0.1) is 13.7 Å². The molecule has 0 spiro atoms. The van der Waals surface area contributed by atoms with Gasteiger partial charge < -0.3 is 24.7 Å². The Bertz CT molecular complexity index is 681. The first-order chi connectivity index (χ1) is 13.2. The van der Waals surface area contributed by atoms with Gasteiger partial charge >= 0.3 is 0 Å². The number of hydrogen-bond donors (Lipinski definition) is 2. The molecule has 1 aromatic carbocycles. The summed E-state index contributed by atoms with van der Waals surface area (Å²) in [6.07, 6.45) is 5.53. The Morgan fingerprint density at radius 2 is 1.93 bits per heavy atom. The van der Waals surface area contributed by atoms with Crippen LogP contribution in [0.1, 0.15) is 26.7 Å². The zero-order valence-electron chi connectivity index (χ0n) is 16.8. The van der Waals surface area contributed by atoms with Crippen LogP contribution in [0, 0.1) is 0 Å². The zero-order valence-corrected chi connectivity index (χ0v) is 19.1. The van der Waals surface area contributed by atoms with E-state index in [9.17, 15) is 0 Å². The molecule has 0 saturated heterocycles. The normalized spacial score (nSPS) is 12.0. The molecule has 2 rings (SSSR count). The van der Waals surface area contributed by atoms with Crippen LogP contribution < -0.4 is 20.1 Å². The van der Waals surface area contributed by atoms with Crippen LogP contribution in [0.5, 0.6) is 11.5 Å². The summed E-state index contributed by atoms with van der Waals surface area (Å²) >= 11 is 0. The van der Waals surface area contributed by atoms with Crippen LogP contribution in [-0.4, -0.2) is 53.6 Å². The summed E-state index contributed by atoms with van der Waals surface area (Å²) in [5, 5.41) is 14.2. The topological polar surface area (TPSA) is 85.6 Å². The van der Waals surface area contributed by atoms with E-state index in [4.69, 9.17) is 9.47 Å². The van der Waals surface area contributed by atoms with E-state index < -0.39 is 0 Å². The van der Waals surface area contributed by atoms with Crippen molar-refractivity contribution in [3.05, 3.63) is 36.9 Å². The fourth-order valence-corrected chi connectivity index (χ4v) is 2.47. The molecule has 0 aliphatic rings. The van der Waals surface area contributed by atoms with Gasteiger partial charge in [-0.15, -0.1) is 34.2 Å². The average molecular weight is 502 g/mol. The van der Waals surface area contributed by atoms with E-state index in [0.29, 0.717) is 6.54 Å². The molecule has 0 amide bonds. The lowest BCUT2D eigenvalue weighted by Crippen LogP contribution is -2.38. The molecular formula is C19H31IN6O2. The van der Waals surface area contributed by atoms with E-state index in [1.54, 1.807) is 19.8 Å². The largest absolute Gasteiger partial charge is 0.497 e. The third kappa shape index (κ3) is 9.25. The standard InChI is InChI=1S/C19H30N6O2.HI/c1-4-20-19(21-10-5-6-11-25-14-23-24-15-25)22-13-16(2)27-18-9-7-8-17(12-18)26-3;/h7-9,12,14-16H,4-6,10-11,13H2,1-3H3,(H2,20,21,22);1H. The smallest absolute Gasteiger partial charge is 0.191 e. The first-order valence-corrected chi connectivity index (χ1v) is 9.36. The molecule has 9 heteroatoms. The minimum atomic E-state index is -0.0405. The number of rotatable bonds is 11. The van der Waals surface area contributed by atoms with Gasteiger partial charge in [-0.3, -0.25) is 0 Å². The van der Waals surface area contributed by atoms with Gasteiger partial charge in [0.15, 0.2) is 5.96 Å². The van der Waals surface area contributed by atoms with Gasteiger partial charge in [-0.05, 0) is 38.8 Å². The first-order valence-electron chi connectivity index (χ1n) is 9.36. The number of benzene rings is 1. The van der Waals surface area contributed by atoms with Crippen molar-refractivity contribution in [2.45, 2.75) is 39.3 Å². The molecule has 1 unspecified atom stereocenters. The number of halogens is 1. The molecule has 8 nitrogen and oxygen atoms in total. The van der Waals surface area contributed by atoms with E-state index in [1.807, 2.05) is 35.8 Å². The van der Waals surface area contributed by atoms with E-state index in [-0.39, 0.29) is 30.1 Å². The molecule has 2 N–H and O–H groups in total. The van der Waals surface area contributed by atoms with Crippen LogP contribution in [0.25, 0.3) is 0 Å². The number of nitrogens with zero attached hydrogens (tertiary/aromatic N) is 4. The minimum Gasteiger partial charge on any atom is -0.497 e. The predicted octanol–water partition coefficient (Wildman–Crippen LogP) is 2.71. The number of methoxy groups -OCH3 is 1. The quantitative estimate of drug-likeness (QED) is 0.213. The summed E-state index contributed by atoms with van der Waals surface area (Å²) in [7, 11) is 1.65. The molecule has 28 heavy (non-hydrogen) atoms. The molecule has 0 aliphatic heterocycles. The average Bonchev–Trinajstić information content (AvgIpc) is 3.19. The molecule has 1 atom stereocenters. The maximum atomic E-state index is 5.91. The highest BCUT2D eigenvalue weighted by molar-refractivity contribution is 14.0. The second kappa shape index (κ2) is 14.0. The number of nitrogens with one attached hydrogen (secondary N) is 2. The van der Waals surface area contributed by atoms with Crippen LogP contribution >= 0.6 is 24.0 Å². The van der Waals surface area contributed by atoms with E-state index in [0.717, 1.165) is 49.9 Å². The van der Waals surface area contributed by atoms with Crippen molar-refractivity contribution >= 4 is 29.9 Å². The highest BCUT2D eigenvalue weighted by Gasteiger charge is 2.05. The molecule has 0 fully saturated rings. The van der Waals surface area contributed by atoms with Gasteiger partial charge in [-0.25, -0.2) is 4.99 Å². The van der Waals surface area contributed by atoms with Gasteiger partial charge in [0.2, 0.25) is 0 Å². The molecule has 1 aromatic heterocycles. The van der Waals surface area contributed by atoms with Crippen molar-refractivity contribution in [1.82, 2.24) is 25.4 Å². The maximum Gasteiger partial charge on any atom is 0.191 e. The lowest BCUT2D eigenvalue weighted by atomic mass is 10.3. The van der Waals surface area contributed by atoms with Crippen molar-refractivity contribution in [3.8, 4) is 11.5 Å². The van der Waals surface area contributed by atoms with Gasteiger partial charge in [-0.1, -0.05) is 6.07 Å². The highest BCUT2D eigenvalue weighted by Crippen LogP contribution is 2.19. The van der Waals surface area contributed by atoms with Crippen LogP contribution in [0.3, 0.4) is 0 Å². The van der Waals surface area contributed by atoms with Crippen molar-refractivity contribution in [1.29, 1.82) is 0 Å². The van der Waals surface area contributed by atoms with Gasteiger partial charge in [0.1, 0.15) is 30.3 Å². The van der Waals surface area contributed by atoms with Crippen LogP contribution in [0.2, 0.25) is 0 Å². The molecule has 0 aliphatic carbocycles. The van der Waals surface area contributed by atoms with Crippen molar-refractivity contribution in [3.63, 3.8) is 0 Å². The molecule has 2 aromatic rings. The number of unbranched alkanes of at least 4 members (excludes halogenated alkanes) is 1. The fourth-order valence-electron chi connectivity index (χ4n) is 2.47. The zero-order chi connectivity index (χ0) is 19.3. The molecule has 156 valence electrons. The summed E-state index contributed by atoms with van der Waals surface area (Å²) in [4.78, 5) is 4.61. The molecule has 0 bridgehead atoms. The lowest BCUT2D eigenvalue weighted by Gasteiger charge is -2.15. The Kier molecular flexibility index (Phi) is 12.0. The third-order valence-corrected chi connectivity index (χ3v) is 3.83. The summed E-state index contributed by atoms with van der Waals surface area (Å²) in [6.45, 7) is 7.23. The van der Waals surface area contributed by atoms with E-state index >= 15 is 0 Å². The number of ether oxygens (including phenoxy) is 2. The summed E-state index contributed by atoms with van der Waals surface area (Å²) in [5.74, 6) is 2.37. The lowest BCUT2D eigenvalue weighted by molar-refractivity contribution is 0.229. The number of aryl methyl sites for hydroxylation is 1. The Morgan fingerprint density at radius 3 is 2.64 bits per heavy atom. The summed E-state index contributed by atoms with van der Waals surface area (Å²) in [5.41, 5.74) is 0. The van der Waals surface area contributed by atoms with E-state index in [1.165, 1.54) is 0 Å². The second-order valence-corrected chi connectivity index (χ2v) is 6.16. The van der Waals surface area contributed by atoms with Crippen LogP contribution in [-0.2, 0) is 6.54 Å². The Hall–Kier alpha value is -2.04. The maximum absolute atomic E-state index is 5.91. The third-order valence-electron chi connectivity index (χ3n) is 3.83. The Balaban J connectivity index is 0.00000392. The fraction of sp³-hybridized carbons (Fsp3) is 0.526. The van der Waals surface area contributed by atoms with Gasteiger partial charge in [0, 0.05) is 25.7 Å². The second-order valence-electron chi connectivity index (χ2n) is 6.16. The summed E-state index contributed by atoms with van der Waals surface area (Å²) < 4.78 is 13.1. The van der Waals surface area contributed by atoms with Crippen molar-refractivity contribution < 1.29 is 9.47 Å². The number of hydrogen-bond acceptors (Lipinski definition) is 5. The van der Waals surface area contributed by atoms with Crippen molar-refractivity contribution in [2.75, 3.05) is 26.7 Å². The Labute approximate surface area is 184 Å². The summed E-state index contributed by atoms with van der Waals surface area (Å²) in [6, 6.07) is 7.60. The van der Waals surface area contributed by atoms with Gasteiger partial charge in [0.25, 0.3) is 0 Å². The predicted molar refractivity (Wildman–Crippen MR) is 122 cm³/mol. The molecule has 0 radical (unpaired) electrons. The first kappa shape index (κ1) is 24.0. The monoisotopic (exact) mass is 502 g/mol. The molecule has 1 heterocycles. The number of guanidine groups is 1. The van der Waals surface area contributed by atoms with Gasteiger partial charge in [-0.2, -0.15) is 0 Å². The SMILES string of the molecule is CCNC(=NCC(C)Oc1cccc(OC)c1)NCCCCn1cnnc1.I. The number of aliphatic imine (C=N–C) groups is 1. The van der Waals surface area contributed by atoms with Crippen molar-refractivity contribution in [2.24, 2.45) is 4.99 Å². The molecule has 0 saturated carbocycles. The van der Waals surface area contributed by atoms with Crippen LogP contribution in [0.4, 0.5) is 0 Å². The minimum absolute atomic E-state index is 0. The molecular weight excluding hydrogens is 471 g/mol. The van der Waals surface area contributed by atoms with E-state index in [2.05, 4.69) is 32.7 Å².